The average Bonchev–Trinajstić information content (AvgIpc) is 3.19. The van der Waals surface area contributed by atoms with Crippen molar-refractivity contribution in [3.63, 3.8) is 0 Å². The number of hydrogen-bond donors (Lipinski definition) is 2. The van der Waals surface area contributed by atoms with Crippen molar-refractivity contribution < 1.29 is 4.74 Å². The number of aliphatic imine (C=N–C) groups is 1. The van der Waals surface area contributed by atoms with Gasteiger partial charge in [0.2, 0.25) is 0 Å². The number of nitrogens with one attached hydrogen (secondary N) is 2. The summed E-state index contributed by atoms with van der Waals surface area (Å²) in [5, 5.41) is 7.57. The van der Waals surface area contributed by atoms with Gasteiger partial charge in [0.15, 0.2) is 5.96 Å². The van der Waals surface area contributed by atoms with Crippen LogP contribution in [0.25, 0.3) is 0 Å². The normalized spacial score (nSPS) is 16.9. The van der Waals surface area contributed by atoms with Gasteiger partial charge in [-0.1, -0.05) is 29.8 Å². The molecule has 1 fully saturated rings. The molecule has 2 aromatic carbocycles. The van der Waals surface area contributed by atoms with E-state index in [4.69, 9.17) is 21.3 Å². The van der Waals surface area contributed by atoms with E-state index >= 15 is 0 Å². The molecule has 0 radical (unpaired) electrons. The Hall–Kier alpha value is -2.40. The van der Waals surface area contributed by atoms with Gasteiger partial charge in [0.1, 0.15) is 5.75 Å². The van der Waals surface area contributed by atoms with Crippen LogP contribution in [0.3, 0.4) is 0 Å². The zero-order valence-corrected chi connectivity index (χ0v) is 17.4. The van der Waals surface area contributed by atoms with Crippen LogP contribution >= 0.6 is 11.6 Å². The first kappa shape index (κ1) is 20.3. The lowest BCUT2D eigenvalue weighted by Crippen LogP contribution is -2.40. The molecule has 0 amide bonds. The molecule has 6 heteroatoms. The van der Waals surface area contributed by atoms with Gasteiger partial charge in [-0.15, -0.1) is 0 Å². The number of nitrogens with zero attached hydrogens (tertiary/aromatic N) is 2. The summed E-state index contributed by atoms with van der Waals surface area (Å²) in [4.78, 5) is 7.11. The molecule has 1 saturated heterocycles. The molecule has 0 aliphatic carbocycles. The Balaban J connectivity index is 1.53. The molecule has 1 unspecified atom stereocenters. The fourth-order valence-electron chi connectivity index (χ4n) is 3.43. The van der Waals surface area contributed by atoms with Crippen molar-refractivity contribution in [3.8, 4) is 5.75 Å². The van der Waals surface area contributed by atoms with E-state index in [0.29, 0.717) is 12.5 Å². The minimum atomic E-state index is 0.584. The van der Waals surface area contributed by atoms with Gasteiger partial charge in [0, 0.05) is 43.0 Å². The monoisotopic (exact) mass is 400 g/mol. The highest BCUT2D eigenvalue weighted by Crippen LogP contribution is 2.26. The van der Waals surface area contributed by atoms with E-state index in [9.17, 15) is 0 Å². The average molecular weight is 401 g/mol. The van der Waals surface area contributed by atoms with Crippen molar-refractivity contribution in [2.75, 3.05) is 38.2 Å². The van der Waals surface area contributed by atoms with Gasteiger partial charge in [-0.3, -0.25) is 0 Å². The molecule has 150 valence electrons. The van der Waals surface area contributed by atoms with Gasteiger partial charge < -0.3 is 20.3 Å². The molecule has 3 rings (SSSR count). The Morgan fingerprint density at radius 1 is 1.21 bits per heavy atom. The Bertz CT molecular complexity index is 796. The highest BCUT2D eigenvalue weighted by atomic mass is 35.5. The zero-order valence-electron chi connectivity index (χ0n) is 16.6. The lowest BCUT2D eigenvalue weighted by Gasteiger charge is -2.20. The van der Waals surface area contributed by atoms with Gasteiger partial charge in [0.25, 0.3) is 0 Å². The second kappa shape index (κ2) is 10.2. The molecule has 1 atom stereocenters. The third kappa shape index (κ3) is 5.80. The lowest BCUT2D eigenvalue weighted by atomic mass is 10.1. The third-order valence-electron chi connectivity index (χ3n) is 4.92. The molecule has 0 spiro atoms. The molecule has 1 heterocycles. The Morgan fingerprint density at radius 2 is 2.07 bits per heavy atom. The summed E-state index contributed by atoms with van der Waals surface area (Å²) < 4.78 is 5.35. The molecule has 2 N–H and O–H groups in total. The number of ether oxygens (including phenoxy) is 1. The SMILES string of the molecule is CCNC(=NCc1cccc(Cl)c1)NCC1CCN(c2cccc(OC)c2)C1. The van der Waals surface area contributed by atoms with Crippen LogP contribution in [0.15, 0.2) is 53.5 Å². The van der Waals surface area contributed by atoms with E-state index in [1.807, 2.05) is 36.4 Å². The van der Waals surface area contributed by atoms with Crippen LogP contribution in [0.5, 0.6) is 5.75 Å². The standard InChI is InChI=1S/C22H29ClN4O/c1-3-24-22(25-14-17-6-4-7-19(23)12-17)26-15-18-10-11-27(16-18)20-8-5-9-21(13-20)28-2/h4-9,12-13,18H,3,10-11,14-16H2,1-2H3,(H2,24,25,26). The maximum absolute atomic E-state index is 6.06. The predicted octanol–water partition coefficient (Wildman–Crippen LogP) is 3.93. The molecule has 1 aliphatic heterocycles. The van der Waals surface area contributed by atoms with E-state index in [-0.39, 0.29) is 0 Å². The summed E-state index contributed by atoms with van der Waals surface area (Å²) in [6.45, 7) is 6.53. The highest BCUT2D eigenvalue weighted by Gasteiger charge is 2.23. The van der Waals surface area contributed by atoms with Crippen molar-refractivity contribution >= 4 is 23.2 Å². The number of hydrogen-bond acceptors (Lipinski definition) is 3. The summed E-state index contributed by atoms with van der Waals surface area (Å²) in [6.07, 6.45) is 1.16. The van der Waals surface area contributed by atoms with Crippen LogP contribution in [0, 0.1) is 5.92 Å². The molecule has 0 bridgehead atoms. The number of benzene rings is 2. The first-order valence-corrected chi connectivity index (χ1v) is 10.2. The summed E-state index contributed by atoms with van der Waals surface area (Å²) in [6, 6.07) is 16.1. The number of halogens is 1. The third-order valence-corrected chi connectivity index (χ3v) is 5.15. The number of methoxy groups -OCH3 is 1. The van der Waals surface area contributed by atoms with Crippen LogP contribution in [-0.4, -0.2) is 39.2 Å². The molecular weight excluding hydrogens is 372 g/mol. The largest absolute Gasteiger partial charge is 0.497 e. The van der Waals surface area contributed by atoms with E-state index in [0.717, 1.165) is 54.9 Å². The van der Waals surface area contributed by atoms with Crippen molar-refractivity contribution in [3.05, 3.63) is 59.1 Å². The minimum Gasteiger partial charge on any atom is -0.497 e. The van der Waals surface area contributed by atoms with E-state index in [1.165, 1.54) is 5.69 Å². The van der Waals surface area contributed by atoms with Crippen molar-refractivity contribution in [1.29, 1.82) is 0 Å². The van der Waals surface area contributed by atoms with E-state index in [2.05, 4.69) is 34.6 Å². The van der Waals surface area contributed by atoms with E-state index < -0.39 is 0 Å². The fraction of sp³-hybridized carbons (Fsp3) is 0.409. The topological polar surface area (TPSA) is 48.9 Å². The molecule has 0 aromatic heterocycles. The van der Waals surface area contributed by atoms with E-state index in [1.54, 1.807) is 7.11 Å². The predicted molar refractivity (Wildman–Crippen MR) is 118 cm³/mol. The molecule has 0 saturated carbocycles. The van der Waals surface area contributed by atoms with Gasteiger partial charge in [-0.25, -0.2) is 4.99 Å². The fourth-order valence-corrected chi connectivity index (χ4v) is 3.64. The van der Waals surface area contributed by atoms with Crippen molar-refractivity contribution in [1.82, 2.24) is 10.6 Å². The summed E-state index contributed by atoms with van der Waals surface area (Å²) in [5.41, 5.74) is 2.33. The van der Waals surface area contributed by atoms with Gasteiger partial charge >= 0.3 is 0 Å². The van der Waals surface area contributed by atoms with Gasteiger partial charge in [0.05, 0.1) is 13.7 Å². The summed E-state index contributed by atoms with van der Waals surface area (Å²) in [5.74, 6) is 2.34. The number of anilines is 1. The highest BCUT2D eigenvalue weighted by molar-refractivity contribution is 6.30. The second-order valence-electron chi connectivity index (χ2n) is 7.01. The smallest absolute Gasteiger partial charge is 0.191 e. The van der Waals surface area contributed by atoms with Crippen LogP contribution in [0.1, 0.15) is 18.9 Å². The first-order chi connectivity index (χ1) is 13.7. The first-order valence-electron chi connectivity index (χ1n) is 9.83. The summed E-state index contributed by atoms with van der Waals surface area (Å²) >= 11 is 6.06. The molecule has 1 aliphatic rings. The lowest BCUT2D eigenvalue weighted by molar-refractivity contribution is 0.415. The van der Waals surface area contributed by atoms with Crippen LogP contribution < -0.4 is 20.3 Å². The molecule has 5 nitrogen and oxygen atoms in total. The van der Waals surface area contributed by atoms with Crippen LogP contribution in [-0.2, 0) is 6.54 Å². The Labute approximate surface area is 172 Å². The van der Waals surface area contributed by atoms with Crippen LogP contribution in [0.2, 0.25) is 5.02 Å². The molecule has 28 heavy (non-hydrogen) atoms. The second-order valence-corrected chi connectivity index (χ2v) is 7.44. The van der Waals surface area contributed by atoms with Gasteiger partial charge in [-0.2, -0.15) is 0 Å². The quantitative estimate of drug-likeness (QED) is 0.546. The van der Waals surface area contributed by atoms with Crippen molar-refractivity contribution in [2.45, 2.75) is 19.9 Å². The molecule has 2 aromatic rings. The van der Waals surface area contributed by atoms with Crippen molar-refractivity contribution in [2.24, 2.45) is 10.9 Å². The maximum Gasteiger partial charge on any atom is 0.191 e. The summed E-state index contributed by atoms with van der Waals surface area (Å²) in [7, 11) is 1.71. The number of rotatable bonds is 7. The Kier molecular flexibility index (Phi) is 7.43. The zero-order chi connectivity index (χ0) is 19.8. The Morgan fingerprint density at radius 3 is 2.86 bits per heavy atom. The van der Waals surface area contributed by atoms with Crippen LogP contribution in [0.4, 0.5) is 5.69 Å². The van der Waals surface area contributed by atoms with Gasteiger partial charge in [-0.05, 0) is 49.1 Å². The minimum absolute atomic E-state index is 0.584. The number of guanidine groups is 1. The maximum atomic E-state index is 6.06. The molecular formula is C22H29ClN4O.